The van der Waals surface area contributed by atoms with Gasteiger partial charge in [-0.25, -0.2) is 14.8 Å². The Morgan fingerprint density at radius 2 is 1.63 bits per heavy atom. The van der Waals surface area contributed by atoms with E-state index in [0.29, 0.717) is 43.7 Å². The van der Waals surface area contributed by atoms with E-state index in [1.54, 1.807) is 52.3 Å². The molecule has 1 amide bonds. The van der Waals surface area contributed by atoms with Crippen LogP contribution in [-0.2, 0) is 6.18 Å². The first-order valence-corrected chi connectivity index (χ1v) is 9.52. The van der Waals surface area contributed by atoms with Gasteiger partial charge in [0.05, 0.1) is 5.52 Å². The fourth-order valence-corrected chi connectivity index (χ4v) is 3.39. The first-order valence-electron chi connectivity index (χ1n) is 9.52. The lowest BCUT2D eigenvalue weighted by Gasteiger charge is -2.24. The Labute approximate surface area is 170 Å². The molecule has 0 aliphatic carbocycles. The summed E-state index contributed by atoms with van der Waals surface area (Å²) in [5, 5.41) is 0.547. The van der Waals surface area contributed by atoms with E-state index in [2.05, 4.69) is 9.97 Å². The predicted molar refractivity (Wildman–Crippen MR) is 105 cm³/mol. The quantitative estimate of drug-likeness (QED) is 0.621. The van der Waals surface area contributed by atoms with Gasteiger partial charge in [0.25, 0.3) is 0 Å². The Morgan fingerprint density at radius 3 is 2.40 bits per heavy atom. The number of benzene rings is 2. The molecule has 4 rings (SSSR count). The van der Waals surface area contributed by atoms with Gasteiger partial charge >= 0.3 is 12.3 Å². The molecule has 0 bridgehead atoms. The third kappa shape index (κ3) is 4.29. The summed E-state index contributed by atoms with van der Waals surface area (Å²) in [6, 6.07) is 15.4. The molecule has 0 unspecified atom stereocenters. The molecule has 0 N–H and O–H groups in total. The van der Waals surface area contributed by atoms with E-state index in [-0.39, 0.29) is 11.3 Å². The predicted octanol–water partition coefficient (Wildman–Crippen LogP) is 4.36. The van der Waals surface area contributed by atoms with Crippen molar-refractivity contribution in [3.63, 3.8) is 0 Å². The molecule has 1 aliphatic heterocycles. The molecule has 30 heavy (non-hydrogen) atoms. The van der Waals surface area contributed by atoms with Gasteiger partial charge < -0.3 is 14.5 Å². The van der Waals surface area contributed by atoms with E-state index in [4.69, 9.17) is 4.74 Å². The summed E-state index contributed by atoms with van der Waals surface area (Å²) in [5.74, 6) is -0.493. The van der Waals surface area contributed by atoms with Crippen LogP contribution in [-0.4, -0.2) is 47.1 Å². The summed E-state index contributed by atoms with van der Waals surface area (Å²) in [5.41, 5.74) is 0.236. The second-order valence-corrected chi connectivity index (χ2v) is 6.89. The molecule has 2 aromatic carbocycles. The summed E-state index contributed by atoms with van der Waals surface area (Å²) in [6.07, 6.45) is -4.55. The number of ether oxygens (including phenoxy) is 1. The van der Waals surface area contributed by atoms with Gasteiger partial charge in [0.2, 0.25) is 5.82 Å². The molecule has 9 heteroatoms. The van der Waals surface area contributed by atoms with Crippen molar-refractivity contribution in [2.45, 2.75) is 12.6 Å². The van der Waals surface area contributed by atoms with Gasteiger partial charge in [-0.1, -0.05) is 30.3 Å². The third-order valence-corrected chi connectivity index (χ3v) is 4.84. The number of hydrogen-bond acceptors (Lipinski definition) is 5. The van der Waals surface area contributed by atoms with Crippen molar-refractivity contribution in [1.29, 1.82) is 0 Å². The van der Waals surface area contributed by atoms with Crippen LogP contribution in [0.5, 0.6) is 5.75 Å². The molecule has 0 atom stereocenters. The van der Waals surface area contributed by atoms with E-state index < -0.39 is 18.1 Å². The smallest absolute Gasteiger partial charge is 0.410 e. The van der Waals surface area contributed by atoms with Crippen molar-refractivity contribution in [2.75, 3.05) is 31.1 Å². The summed E-state index contributed by atoms with van der Waals surface area (Å²) in [6.45, 7) is 1.55. The normalized spacial score (nSPS) is 15.2. The summed E-state index contributed by atoms with van der Waals surface area (Å²) in [7, 11) is 0. The minimum Gasteiger partial charge on any atom is -0.410 e. The molecule has 1 saturated heterocycles. The maximum absolute atomic E-state index is 13.3. The SMILES string of the molecule is O=C(Oc1ccccc1)N1CCCN(c2nc(C(F)(F)F)nc3ccccc23)CC1. The van der Waals surface area contributed by atoms with Crippen molar-refractivity contribution in [1.82, 2.24) is 14.9 Å². The van der Waals surface area contributed by atoms with Crippen LogP contribution in [0.1, 0.15) is 12.2 Å². The molecule has 6 nitrogen and oxygen atoms in total. The molecular weight excluding hydrogens is 397 g/mol. The fourth-order valence-electron chi connectivity index (χ4n) is 3.39. The van der Waals surface area contributed by atoms with Gasteiger partial charge in [-0.2, -0.15) is 13.2 Å². The van der Waals surface area contributed by atoms with Crippen LogP contribution in [0.4, 0.5) is 23.8 Å². The highest BCUT2D eigenvalue weighted by atomic mass is 19.4. The van der Waals surface area contributed by atoms with E-state index in [0.717, 1.165) is 0 Å². The summed E-state index contributed by atoms with van der Waals surface area (Å²) < 4.78 is 45.3. The number of aromatic nitrogens is 2. The Balaban J connectivity index is 1.56. The maximum atomic E-state index is 13.3. The van der Waals surface area contributed by atoms with Crippen LogP contribution in [0.2, 0.25) is 0 Å². The van der Waals surface area contributed by atoms with E-state index in [1.807, 2.05) is 6.07 Å². The summed E-state index contributed by atoms with van der Waals surface area (Å²) in [4.78, 5) is 23.3. The van der Waals surface area contributed by atoms with Crippen molar-refractivity contribution < 1.29 is 22.7 Å². The average molecular weight is 416 g/mol. The zero-order valence-corrected chi connectivity index (χ0v) is 16.0. The first-order chi connectivity index (χ1) is 14.4. The fraction of sp³-hybridized carbons (Fsp3) is 0.286. The van der Waals surface area contributed by atoms with Crippen molar-refractivity contribution in [3.05, 3.63) is 60.4 Å². The maximum Gasteiger partial charge on any atom is 0.451 e. The van der Waals surface area contributed by atoms with Gasteiger partial charge in [0.1, 0.15) is 11.6 Å². The summed E-state index contributed by atoms with van der Waals surface area (Å²) >= 11 is 0. The standard InChI is InChI=1S/C21H19F3N4O2/c22-21(23,24)19-25-17-10-5-4-9-16(17)18(26-19)27-11-6-12-28(14-13-27)20(29)30-15-7-2-1-3-8-15/h1-5,7-10H,6,11-14H2. The number of carbonyl (C=O) groups is 1. The number of amides is 1. The molecule has 0 spiro atoms. The van der Waals surface area contributed by atoms with Gasteiger partial charge in [-0.3, -0.25) is 0 Å². The van der Waals surface area contributed by atoms with E-state index in [9.17, 15) is 18.0 Å². The number of anilines is 1. The monoisotopic (exact) mass is 416 g/mol. The van der Waals surface area contributed by atoms with Crippen LogP contribution in [0, 0.1) is 0 Å². The van der Waals surface area contributed by atoms with Crippen LogP contribution in [0.15, 0.2) is 54.6 Å². The largest absolute Gasteiger partial charge is 0.451 e. The molecule has 0 radical (unpaired) electrons. The Morgan fingerprint density at radius 1 is 0.900 bits per heavy atom. The average Bonchev–Trinajstić information content (AvgIpc) is 2.99. The number of alkyl halides is 3. The van der Waals surface area contributed by atoms with Crippen molar-refractivity contribution >= 4 is 22.8 Å². The number of nitrogens with zero attached hydrogens (tertiary/aromatic N) is 4. The minimum atomic E-state index is -4.64. The molecule has 1 aromatic heterocycles. The van der Waals surface area contributed by atoms with Gasteiger partial charge in [0, 0.05) is 31.6 Å². The molecule has 1 aliphatic rings. The van der Waals surface area contributed by atoms with Crippen LogP contribution < -0.4 is 9.64 Å². The van der Waals surface area contributed by atoms with Crippen molar-refractivity contribution in [3.8, 4) is 5.75 Å². The highest BCUT2D eigenvalue weighted by molar-refractivity contribution is 5.89. The lowest BCUT2D eigenvalue weighted by molar-refractivity contribution is -0.144. The van der Waals surface area contributed by atoms with E-state index in [1.165, 1.54) is 6.07 Å². The van der Waals surface area contributed by atoms with Crippen LogP contribution >= 0.6 is 0 Å². The van der Waals surface area contributed by atoms with Crippen LogP contribution in [0.3, 0.4) is 0 Å². The zero-order chi connectivity index (χ0) is 21.1. The highest BCUT2D eigenvalue weighted by Crippen LogP contribution is 2.32. The van der Waals surface area contributed by atoms with Gasteiger partial charge in [0.15, 0.2) is 0 Å². The number of hydrogen-bond donors (Lipinski definition) is 0. The molecule has 2 heterocycles. The number of carbonyl (C=O) groups excluding carboxylic acids is 1. The van der Waals surface area contributed by atoms with Gasteiger partial charge in [-0.15, -0.1) is 0 Å². The topological polar surface area (TPSA) is 58.6 Å². The molecule has 1 fully saturated rings. The van der Waals surface area contributed by atoms with Gasteiger partial charge in [-0.05, 0) is 30.7 Å². The lowest BCUT2D eigenvalue weighted by Crippen LogP contribution is -2.37. The molecule has 0 saturated carbocycles. The third-order valence-electron chi connectivity index (χ3n) is 4.84. The molecular formula is C21H19F3N4O2. The lowest BCUT2D eigenvalue weighted by atomic mass is 10.2. The number of fused-ring (bicyclic) bond motifs is 1. The second kappa shape index (κ2) is 8.17. The Bertz CT molecular complexity index is 1040. The molecule has 156 valence electrons. The second-order valence-electron chi connectivity index (χ2n) is 6.89. The van der Waals surface area contributed by atoms with Crippen LogP contribution in [0.25, 0.3) is 10.9 Å². The number of rotatable bonds is 2. The van der Waals surface area contributed by atoms with E-state index >= 15 is 0 Å². The first kappa shape index (κ1) is 19.9. The Hall–Kier alpha value is -3.36. The highest BCUT2D eigenvalue weighted by Gasteiger charge is 2.36. The Kier molecular flexibility index (Phi) is 5.43. The number of halogens is 3. The minimum absolute atomic E-state index is 0.228. The van der Waals surface area contributed by atoms with Crippen molar-refractivity contribution in [2.24, 2.45) is 0 Å². The zero-order valence-electron chi connectivity index (χ0n) is 16.0. The number of para-hydroxylation sites is 2. The molecule has 3 aromatic rings.